The summed E-state index contributed by atoms with van der Waals surface area (Å²) in [5, 5.41) is 2.62. The van der Waals surface area contributed by atoms with E-state index < -0.39 is 36.8 Å². The number of hydrogen-bond acceptors (Lipinski definition) is 9. The largest absolute Gasteiger partial charge is 0.493 e. The Labute approximate surface area is 217 Å². The molecule has 0 aliphatic heterocycles. The Morgan fingerprint density at radius 1 is 1.08 bits per heavy atom. The monoisotopic (exact) mass is 518 g/mol. The van der Waals surface area contributed by atoms with Crippen molar-refractivity contribution in [3.05, 3.63) is 18.0 Å². The molecule has 1 aromatic heterocycles. The van der Waals surface area contributed by atoms with Crippen molar-refractivity contribution in [1.82, 2.24) is 10.3 Å². The van der Waals surface area contributed by atoms with Gasteiger partial charge < -0.3 is 29.0 Å². The summed E-state index contributed by atoms with van der Waals surface area (Å²) in [5.74, 6) is 0.722. The molecule has 4 aliphatic carbocycles. The van der Waals surface area contributed by atoms with Crippen molar-refractivity contribution in [2.75, 3.05) is 21.0 Å². The minimum absolute atomic E-state index is 0.000973. The number of ether oxygens (including phenoxy) is 5. The molecule has 0 unspecified atom stereocenters. The molecular formula is C27H38N2O8. The van der Waals surface area contributed by atoms with Gasteiger partial charge in [0, 0.05) is 31.7 Å². The summed E-state index contributed by atoms with van der Waals surface area (Å²) >= 11 is 0. The predicted molar refractivity (Wildman–Crippen MR) is 132 cm³/mol. The number of rotatable bonds is 11. The van der Waals surface area contributed by atoms with Crippen LogP contribution in [0.5, 0.6) is 11.5 Å². The van der Waals surface area contributed by atoms with Crippen LogP contribution in [0.4, 0.5) is 0 Å². The maximum Gasteiger partial charge on any atom is 0.328 e. The zero-order valence-electron chi connectivity index (χ0n) is 22.3. The molecule has 4 fully saturated rings. The summed E-state index contributed by atoms with van der Waals surface area (Å²) in [6.07, 6.45) is 8.08. The van der Waals surface area contributed by atoms with Crippen LogP contribution in [0.3, 0.4) is 0 Å². The molecule has 204 valence electrons. The van der Waals surface area contributed by atoms with Gasteiger partial charge in [-0.15, -0.1) is 0 Å². The van der Waals surface area contributed by atoms with Crippen molar-refractivity contribution in [2.45, 2.75) is 77.5 Å². The van der Waals surface area contributed by atoms with Crippen molar-refractivity contribution in [3.63, 3.8) is 0 Å². The Kier molecular flexibility index (Phi) is 8.26. The number of carbonyl (C=O) groups is 3. The number of aromatic nitrogens is 1. The third-order valence-corrected chi connectivity index (χ3v) is 8.14. The highest BCUT2D eigenvalue weighted by Crippen LogP contribution is 2.62. The van der Waals surface area contributed by atoms with E-state index in [4.69, 9.17) is 23.7 Å². The summed E-state index contributed by atoms with van der Waals surface area (Å²) in [4.78, 5) is 41.1. The van der Waals surface area contributed by atoms with E-state index in [0.29, 0.717) is 0 Å². The van der Waals surface area contributed by atoms with Gasteiger partial charge in [-0.25, -0.2) is 9.78 Å². The van der Waals surface area contributed by atoms with E-state index in [1.54, 1.807) is 14.0 Å². The molecule has 10 nitrogen and oxygen atoms in total. The van der Waals surface area contributed by atoms with E-state index in [9.17, 15) is 14.4 Å². The van der Waals surface area contributed by atoms with Gasteiger partial charge in [-0.2, -0.15) is 0 Å². The van der Waals surface area contributed by atoms with Gasteiger partial charge in [0.25, 0.3) is 5.91 Å². The summed E-state index contributed by atoms with van der Waals surface area (Å²) in [7, 11) is 3.11. The summed E-state index contributed by atoms with van der Waals surface area (Å²) in [5.41, 5.74) is -0.0588. The molecule has 4 saturated carbocycles. The number of carbonyl (C=O) groups excluding carboxylic acids is 3. The van der Waals surface area contributed by atoms with Crippen LogP contribution in [-0.4, -0.2) is 62.1 Å². The average Bonchev–Trinajstić information content (AvgIpc) is 2.83. The van der Waals surface area contributed by atoms with Crippen LogP contribution < -0.4 is 14.8 Å². The molecule has 1 amide bonds. The Bertz CT molecular complexity index is 977. The SMILES string of the molecule is COc1ccnc(C(=O)N[C@@H](C)C(=O)O[C@@H](C)[C@H](OC)C23CC4CC(CC(C4)C2)C3)c1OCOC(C)=O. The number of methoxy groups -OCH3 is 2. The molecule has 1 aromatic rings. The summed E-state index contributed by atoms with van der Waals surface area (Å²) in [6, 6.07) is 0.562. The molecule has 0 spiro atoms. The van der Waals surface area contributed by atoms with Gasteiger partial charge in [-0.3, -0.25) is 9.59 Å². The fourth-order valence-corrected chi connectivity index (χ4v) is 7.20. The molecular weight excluding hydrogens is 480 g/mol. The summed E-state index contributed by atoms with van der Waals surface area (Å²) < 4.78 is 27.3. The number of esters is 2. The van der Waals surface area contributed by atoms with Crippen molar-refractivity contribution in [3.8, 4) is 11.5 Å². The van der Waals surface area contributed by atoms with E-state index in [0.717, 1.165) is 37.0 Å². The topological polar surface area (TPSA) is 122 Å². The van der Waals surface area contributed by atoms with Crippen molar-refractivity contribution in [1.29, 1.82) is 0 Å². The van der Waals surface area contributed by atoms with Crippen LogP contribution in [0, 0.1) is 23.2 Å². The fourth-order valence-electron chi connectivity index (χ4n) is 7.20. The van der Waals surface area contributed by atoms with Gasteiger partial charge in [0.1, 0.15) is 12.1 Å². The minimum Gasteiger partial charge on any atom is -0.493 e. The first kappa shape index (κ1) is 27.2. The van der Waals surface area contributed by atoms with Crippen LogP contribution in [0.15, 0.2) is 12.3 Å². The third kappa shape index (κ3) is 5.84. The van der Waals surface area contributed by atoms with Gasteiger partial charge in [0.15, 0.2) is 17.2 Å². The van der Waals surface area contributed by atoms with Crippen LogP contribution in [0.25, 0.3) is 0 Å². The molecule has 1 heterocycles. The van der Waals surface area contributed by atoms with E-state index >= 15 is 0 Å². The maximum atomic E-state index is 13.0. The highest BCUT2D eigenvalue weighted by atomic mass is 16.7. The molecule has 4 aliphatic rings. The standard InChI is InChI=1S/C27H38N2O8/c1-15(29-25(31)22-23(36-14-35-17(3)30)21(33-4)6-7-28-22)26(32)37-16(2)24(34-5)27-11-18-8-19(12-27)10-20(9-18)13-27/h6-7,15-16,18-20,24H,8-14H2,1-5H3,(H,29,31)/t15-,16-,18?,19?,20?,24-,27?/m0/s1. The Morgan fingerprint density at radius 2 is 1.70 bits per heavy atom. The third-order valence-electron chi connectivity index (χ3n) is 8.14. The van der Waals surface area contributed by atoms with Gasteiger partial charge in [-0.1, -0.05) is 0 Å². The average molecular weight is 519 g/mol. The van der Waals surface area contributed by atoms with Gasteiger partial charge in [0.2, 0.25) is 6.79 Å². The molecule has 4 bridgehead atoms. The zero-order valence-corrected chi connectivity index (χ0v) is 22.3. The second kappa shape index (κ2) is 11.2. The Hall–Kier alpha value is -2.88. The second-order valence-electron chi connectivity index (χ2n) is 10.9. The molecule has 1 N–H and O–H groups in total. The molecule has 5 rings (SSSR count). The van der Waals surface area contributed by atoms with Crippen molar-refractivity contribution >= 4 is 17.8 Å². The number of amides is 1. The molecule has 0 radical (unpaired) electrons. The van der Waals surface area contributed by atoms with Gasteiger partial charge in [-0.05, 0) is 70.1 Å². The lowest BCUT2D eigenvalue weighted by Gasteiger charge is -2.59. The Balaban J connectivity index is 1.39. The first-order chi connectivity index (χ1) is 17.7. The minimum atomic E-state index is -0.946. The first-order valence-electron chi connectivity index (χ1n) is 13.0. The van der Waals surface area contributed by atoms with E-state index in [2.05, 4.69) is 10.3 Å². The quantitative estimate of drug-likeness (QED) is 0.347. The lowest BCUT2D eigenvalue weighted by molar-refractivity contribution is -0.185. The normalized spacial score (nSPS) is 28.1. The lowest BCUT2D eigenvalue weighted by atomic mass is 9.47. The van der Waals surface area contributed by atoms with Crippen LogP contribution in [0.1, 0.15) is 69.8 Å². The van der Waals surface area contributed by atoms with Gasteiger partial charge in [0.05, 0.1) is 13.2 Å². The second-order valence-corrected chi connectivity index (χ2v) is 10.9. The maximum absolute atomic E-state index is 13.0. The van der Waals surface area contributed by atoms with Crippen LogP contribution >= 0.6 is 0 Å². The van der Waals surface area contributed by atoms with E-state index in [-0.39, 0.29) is 28.7 Å². The predicted octanol–water partition coefficient (Wildman–Crippen LogP) is 3.27. The van der Waals surface area contributed by atoms with Crippen molar-refractivity contribution in [2.24, 2.45) is 23.2 Å². The fraction of sp³-hybridized carbons (Fsp3) is 0.704. The highest BCUT2D eigenvalue weighted by Gasteiger charge is 2.56. The van der Waals surface area contributed by atoms with Crippen LogP contribution in [0.2, 0.25) is 0 Å². The smallest absolute Gasteiger partial charge is 0.328 e. The van der Waals surface area contributed by atoms with Gasteiger partial charge >= 0.3 is 11.9 Å². The molecule has 10 heteroatoms. The van der Waals surface area contributed by atoms with E-state index in [1.807, 2.05) is 6.92 Å². The highest BCUT2D eigenvalue weighted by molar-refractivity contribution is 5.98. The number of pyridine rings is 1. The van der Waals surface area contributed by atoms with E-state index in [1.165, 1.54) is 45.6 Å². The zero-order chi connectivity index (χ0) is 26.7. The van der Waals surface area contributed by atoms with Crippen LogP contribution in [-0.2, 0) is 23.8 Å². The molecule has 0 aromatic carbocycles. The molecule has 37 heavy (non-hydrogen) atoms. The van der Waals surface area contributed by atoms with Crippen molar-refractivity contribution < 1.29 is 38.1 Å². The first-order valence-corrected chi connectivity index (χ1v) is 13.0. The lowest BCUT2D eigenvalue weighted by Crippen LogP contribution is -2.56. The Morgan fingerprint density at radius 3 is 2.24 bits per heavy atom. The summed E-state index contributed by atoms with van der Waals surface area (Å²) in [6.45, 7) is 4.25. The number of nitrogens with one attached hydrogen (secondary N) is 1. The molecule has 3 atom stereocenters. The number of hydrogen-bond donors (Lipinski definition) is 1. The number of nitrogens with zero attached hydrogens (tertiary/aromatic N) is 1. The molecule has 0 saturated heterocycles.